The van der Waals surface area contributed by atoms with Crippen LogP contribution in [0.4, 0.5) is 0 Å². The first kappa shape index (κ1) is 20.0. The first-order chi connectivity index (χ1) is 12.2. The average Bonchev–Trinajstić information content (AvgIpc) is 2.60. The van der Waals surface area contributed by atoms with E-state index in [2.05, 4.69) is 43.0 Å². The summed E-state index contributed by atoms with van der Waals surface area (Å²) in [7, 11) is 0. The predicted octanol–water partition coefficient (Wildman–Crippen LogP) is 5.85. The van der Waals surface area contributed by atoms with Crippen LogP contribution in [0.1, 0.15) is 50.8 Å². The molecular formula is C24H30O2. The smallest absolute Gasteiger partial charge is 0.312 e. The van der Waals surface area contributed by atoms with Gasteiger partial charge in [-0.15, -0.1) is 0 Å². The molecule has 138 valence electrons. The molecule has 0 aromatic heterocycles. The van der Waals surface area contributed by atoms with Crippen molar-refractivity contribution in [2.75, 3.05) is 0 Å². The molecule has 0 N–H and O–H groups in total. The van der Waals surface area contributed by atoms with Crippen LogP contribution < -0.4 is 0 Å². The summed E-state index contributed by atoms with van der Waals surface area (Å²) in [6.07, 6.45) is 4.09. The molecule has 0 aliphatic heterocycles. The van der Waals surface area contributed by atoms with Gasteiger partial charge in [-0.1, -0.05) is 67.3 Å². The van der Waals surface area contributed by atoms with Gasteiger partial charge in [0.25, 0.3) is 0 Å². The number of esters is 1. The molecule has 0 heterocycles. The van der Waals surface area contributed by atoms with Crippen LogP contribution in [-0.2, 0) is 22.4 Å². The number of aryl methyl sites for hydroxylation is 1. The molecule has 0 aliphatic rings. The highest BCUT2D eigenvalue weighted by Crippen LogP contribution is 2.32. The van der Waals surface area contributed by atoms with E-state index in [0.29, 0.717) is 6.42 Å². The van der Waals surface area contributed by atoms with Crippen LogP contribution in [-0.4, -0.2) is 11.6 Å². The van der Waals surface area contributed by atoms with Gasteiger partial charge in [-0.2, -0.15) is 0 Å². The van der Waals surface area contributed by atoms with Crippen LogP contribution in [0.2, 0.25) is 0 Å². The van der Waals surface area contributed by atoms with Gasteiger partial charge in [0, 0.05) is 0 Å². The minimum absolute atomic E-state index is 0.128. The Balaban J connectivity index is 2.18. The van der Waals surface area contributed by atoms with Gasteiger partial charge in [0.2, 0.25) is 0 Å². The molecule has 2 nitrogen and oxygen atoms in total. The molecule has 0 fully saturated rings. The Kier molecular flexibility index (Phi) is 6.42. The van der Waals surface area contributed by atoms with Crippen LogP contribution in [0.3, 0.4) is 0 Å². The summed E-state index contributed by atoms with van der Waals surface area (Å²) < 4.78 is 5.75. The highest BCUT2D eigenvalue weighted by molar-refractivity contribution is 5.77. The van der Waals surface area contributed by atoms with Crippen molar-refractivity contribution in [3.05, 3.63) is 77.9 Å². The van der Waals surface area contributed by atoms with Crippen molar-refractivity contribution in [3.63, 3.8) is 0 Å². The van der Waals surface area contributed by atoms with Crippen LogP contribution in [0.25, 0.3) is 6.08 Å². The van der Waals surface area contributed by atoms with Crippen molar-refractivity contribution in [3.8, 4) is 0 Å². The van der Waals surface area contributed by atoms with E-state index in [1.807, 2.05) is 52.0 Å². The Hall–Kier alpha value is -2.35. The van der Waals surface area contributed by atoms with Gasteiger partial charge in [0.1, 0.15) is 5.60 Å². The maximum absolute atomic E-state index is 13.0. The second-order valence-corrected chi connectivity index (χ2v) is 8.17. The summed E-state index contributed by atoms with van der Waals surface area (Å²) >= 11 is 0. The first-order valence-corrected chi connectivity index (χ1v) is 9.21. The van der Waals surface area contributed by atoms with Gasteiger partial charge in [-0.25, -0.2) is 0 Å². The van der Waals surface area contributed by atoms with Crippen molar-refractivity contribution in [2.24, 2.45) is 5.41 Å². The highest BCUT2D eigenvalue weighted by atomic mass is 16.6. The first-order valence-electron chi connectivity index (χ1n) is 9.21. The maximum atomic E-state index is 13.0. The SMILES string of the molecule is C=Cc1ccc(CCC(C)(Cc2ccccc2)C(=O)OC(C)(C)C)cc1. The third kappa shape index (κ3) is 5.87. The lowest BCUT2D eigenvalue weighted by atomic mass is 9.78. The number of hydrogen-bond acceptors (Lipinski definition) is 2. The average molecular weight is 351 g/mol. The van der Waals surface area contributed by atoms with Crippen molar-refractivity contribution >= 4 is 12.0 Å². The van der Waals surface area contributed by atoms with E-state index >= 15 is 0 Å². The highest BCUT2D eigenvalue weighted by Gasteiger charge is 2.37. The minimum Gasteiger partial charge on any atom is -0.460 e. The van der Waals surface area contributed by atoms with Crippen LogP contribution in [0.15, 0.2) is 61.2 Å². The molecule has 0 radical (unpaired) electrons. The van der Waals surface area contributed by atoms with E-state index < -0.39 is 11.0 Å². The summed E-state index contributed by atoms with van der Waals surface area (Å²) in [6.45, 7) is 11.6. The zero-order chi connectivity index (χ0) is 19.2. The molecule has 0 bridgehead atoms. The number of rotatable bonds is 7. The third-order valence-corrected chi connectivity index (χ3v) is 4.51. The zero-order valence-corrected chi connectivity index (χ0v) is 16.4. The summed E-state index contributed by atoms with van der Waals surface area (Å²) in [5.74, 6) is -0.128. The van der Waals surface area contributed by atoms with Crippen LogP contribution >= 0.6 is 0 Å². The largest absolute Gasteiger partial charge is 0.460 e. The summed E-state index contributed by atoms with van der Waals surface area (Å²) in [6, 6.07) is 18.5. The lowest BCUT2D eigenvalue weighted by molar-refractivity contribution is -0.167. The molecule has 2 aromatic carbocycles. The Labute approximate surface area is 157 Å². The van der Waals surface area contributed by atoms with E-state index in [-0.39, 0.29) is 5.97 Å². The molecule has 0 amide bonds. The predicted molar refractivity (Wildman–Crippen MR) is 109 cm³/mol. The number of ether oxygens (including phenoxy) is 1. The normalized spacial score (nSPS) is 13.7. The Morgan fingerprint density at radius 1 is 0.962 bits per heavy atom. The van der Waals surface area contributed by atoms with Crippen molar-refractivity contribution in [1.29, 1.82) is 0 Å². The molecule has 0 saturated carbocycles. The summed E-state index contributed by atoms with van der Waals surface area (Å²) in [5, 5.41) is 0. The fraction of sp³-hybridized carbons (Fsp3) is 0.375. The molecule has 0 spiro atoms. The molecule has 0 aliphatic carbocycles. The fourth-order valence-corrected chi connectivity index (χ4v) is 2.95. The number of carbonyl (C=O) groups excluding carboxylic acids is 1. The van der Waals surface area contributed by atoms with E-state index in [9.17, 15) is 4.79 Å². The number of benzene rings is 2. The molecule has 0 saturated heterocycles. The van der Waals surface area contributed by atoms with Gasteiger partial charge in [0.15, 0.2) is 0 Å². The molecular weight excluding hydrogens is 320 g/mol. The summed E-state index contributed by atoms with van der Waals surface area (Å²) in [5.41, 5.74) is 2.43. The molecule has 1 unspecified atom stereocenters. The Bertz CT molecular complexity index is 723. The van der Waals surface area contributed by atoms with Gasteiger partial charge < -0.3 is 4.74 Å². The lowest BCUT2D eigenvalue weighted by Crippen LogP contribution is -2.37. The van der Waals surface area contributed by atoms with Crippen molar-refractivity contribution < 1.29 is 9.53 Å². The third-order valence-electron chi connectivity index (χ3n) is 4.51. The van der Waals surface area contributed by atoms with E-state index in [1.54, 1.807) is 0 Å². The van der Waals surface area contributed by atoms with E-state index in [0.717, 1.165) is 24.0 Å². The van der Waals surface area contributed by atoms with Crippen molar-refractivity contribution in [2.45, 2.75) is 52.6 Å². The van der Waals surface area contributed by atoms with Crippen LogP contribution in [0.5, 0.6) is 0 Å². The van der Waals surface area contributed by atoms with Gasteiger partial charge in [-0.3, -0.25) is 4.79 Å². The lowest BCUT2D eigenvalue weighted by Gasteiger charge is -2.32. The molecule has 26 heavy (non-hydrogen) atoms. The van der Waals surface area contributed by atoms with Gasteiger partial charge >= 0.3 is 5.97 Å². The van der Waals surface area contributed by atoms with E-state index in [1.165, 1.54) is 5.56 Å². The van der Waals surface area contributed by atoms with Crippen LogP contribution in [0, 0.1) is 5.41 Å². The molecule has 1 atom stereocenters. The fourth-order valence-electron chi connectivity index (χ4n) is 2.95. The molecule has 2 heteroatoms. The minimum atomic E-state index is -0.564. The molecule has 2 rings (SSSR count). The molecule has 2 aromatic rings. The second-order valence-electron chi connectivity index (χ2n) is 8.17. The standard InChI is InChI=1S/C24H30O2/c1-6-19-12-14-20(15-13-19)16-17-24(5,22(25)26-23(2,3)4)18-21-10-8-7-9-11-21/h6-15H,1,16-18H2,2-5H3. The van der Waals surface area contributed by atoms with Crippen molar-refractivity contribution in [1.82, 2.24) is 0 Å². The topological polar surface area (TPSA) is 26.3 Å². The number of carbonyl (C=O) groups is 1. The Morgan fingerprint density at radius 2 is 1.58 bits per heavy atom. The quantitative estimate of drug-likeness (QED) is 0.585. The van der Waals surface area contributed by atoms with Gasteiger partial charge in [-0.05, 0) is 63.6 Å². The summed E-state index contributed by atoms with van der Waals surface area (Å²) in [4.78, 5) is 13.0. The van der Waals surface area contributed by atoms with E-state index in [4.69, 9.17) is 4.74 Å². The monoisotopic (exact) mass is 350 g/mol. The second kappa shape index (κ2) is 8.35. The zero-order valence-electron chi connectivity index (χ0n) is 16.4. The van der Waals surface area contributed by atoms with Gasteiger partial charge in [0.05, 0.1) is 5.41 Å². The maximum Gasteiger partial charge on any atom is 0.312 e. The Morgan fingerprint density at radius 3 is 2.12 bits per heavy atom. The number of hydrogen-bond donors (Lipinski definition) is 0.